The molecule has 29 heavy (non-hydrogen) atoms. The Labute approximate surface area is 173 Å². The van der Waals surface area contributed by atoms with Gasteiger partial charge in [0.05, 0.1) is 30.3 Å². The predicted octanol–water partition coefficient (Wildman–Crippen LogP) is 2.49. The lowest BCUT2D eigenvalue weighted by Crippen LogP contribution is -2.58. The second-order valence-corrected chi connectivity index (χ2v) is 9.40. The van der Waals surface area contributed by atoms with E-state index in [1.165, 1.54) is 6.92 Å². The molecule has 1 aliphatic heterocycles. The van der Waals surface area contributed by atoms with Gasteiger partial charge < -0.3 is 24.4 Å². The molecule has 1 N–H and O–H groups in total. The number of carbonyl (C=O) groups excluding carboxylic acids is 3. The van der Waals surface area contributed by atoms with E-state index >= 15 is 0 Å². The number of hydrogen-bond donors (Lipinski definition) is 1. The molecule has 1 saturated heterocycles. The summed E-state index contributed by atoms with van der Waals surface area (Å²) in [6.07, 6.45) is 0.784. The van der Waals surface area contributed by atoms with E-state index < -0.39 is 17.6 Å². The van der Waals surface area contributed by atoms with Crippen molar-refractivity contribution in [3.8, 4) is 0 Å². The number of nitrogens with one attached hydrogen (secondary N) is 1. The second kappa shape index (κ2) is 9.78. The van der Waals surface area contributed by atoms with Crippen LogP contribution in [0.2, 0.25) is 0 Å². The van der Waals surface area contributed by atoms with E-state index in [0.717, 1.165) is 6.42 Å². The lowest BCUT2D eigenvalue weighted by molar-refractivity contribution is -0.157. The van der Waals surface area contributed by atoms with E-state index in [1.54, 1.807) is 4.90 Å². The number of nitrogens with zero attached hydrogens (tertiary/aromatic N) is 1. The summed E-state index contributed by atoms with van der Waals surface area (Å²) >= 11 is 0. The molecular weight excluding hydrogens is 376 g/mol. The number of carbonyl (C=O) groups is 3. The normalized spacial score (nSPS) is 27.2. The number of amides is 2. The number of esters is 1. The van der Waals surface area contributed by atoms with Gasteiger partial charge in [-0.25, -0.2) is 4.79 Å². The SMILES string of the molecule is CC(=O)N[C@H]1[C@@H](OC(C)C)C[C@@H](COC(=O)C(C)(C)C)C[C@H]1OC(=O)N1CCC1. The van der Waals surface area contributed by atoms with Gasteiger partial charge >= 0.3 is 12.1 Å². The van der Waals surface area contributed by atoms with Crippen molar-refractivity contribution in [2.24, 2.45) is 11.3 Å². The van der Waals surface area contributed by atoms with Crippen LogP contribution in [0.5, 0.6) is 0 Å². The van der Waals surface area contributed by atoms with Crippen molar-refractivity contribution in [3.63, 3.8) is 0 Å². The summed E-state index contributed by atoms with van der Waals surface area (Å²) in [6, 6.07) is -0.435. The van der Waals surface area contributed by atoms with Crippen molar-refractivity contribution in [2.45, 2.75) is 85.2 Å². The maximum absolute atomic E-state index is 12.4. The highest BCUT2D eigenvalue weighted by Crippen LogP contribution is 2.31. The molecule has 0 aromatic heterocycles. The smallest absolute Gasteiger partial charge is 0.410 e. The highest BCUT2D eigenvalue weighted by Gasteiger charge is 2.43. The molecule has 0 bridgehead atoms. The third-order valence-corrected chi connectivity index (χ3v) is 5.18. The molecule has 8 nitrogen and oxygen atoms in total. The third kappa shape index (κ3) is 6.87. The van der Waals surface area contributed by atoms with Gasteiger partial charge in [0.1, 0.15) is 6.10 Å². The number of ether oxygens (including phenoxy) is 3. The summed E-state index contributed by atoms with van der Waals surface area (Å²) in [5, 5.41) is 2.91. The summed E-state index contributed by atoms with van der Waals surface area (Å²) in [5.41, 5.74) is -0.579. The van der Waals surface area contributed by atoms with Gasteiger partial charge in [0.2, 0.25) is 5.91 Å². The van der Waals surface area contributed by atoms with Gasteiger partial charge in [-0.15, -0.1) is 0 Å². The van der Waals surface area contributed by atoms with Crippen LogP contribution in [0.25, 0.3) is 0 Å². The Morgan fingerprint density at radius 3 is 2.21 bits per heavy atom. The minimum atomic E-state index is -0.579. The fourth-order valence-corrected chi connectivity index (χ4v) is 3.57. The Bertz CT molecular complexity index is 596. The van der Waals surface area contributed by atoms with Gasteiger partial charge in [-0.1, -0.05) is 0 Å². The molecule has 1 saturated carbocycles. The molecule has 0 spiro atoms. The molecule has 2 rings (SSSR count). The van der Waals surface area contributed by atoms with Crippen LogP contribution in [0.3, 0.4) is 0 Å². The molecule has 0 aromatic carbocycles. The first-order valence-corrected chi connectivity index (χ1v) is 10.5. The molecule has 2 amide bonds. The van der Waals surface area contributed by atoms with E-state index in [2.05, 4.69) is 5.32 Å². The van der Waals surface area contributed by atoms with Crippen molar-refractivity contribution in [1.29, 1.82) is 0 Å². The predicted molar refractivity (Wildman–Crippen MR) is 107 cm³/mol. The molecule has 1 heterocycles. The highest BCUT2D eigenvalue weighted by atomic mass is 16.6. The van der Waals surface area contributed by atoms with Crippen LogP contribution in [-0.4, -0.2) is 66.9 Å². The zero-order valence-electron chi connectivity index (χ0n) is 18.5. The van der Waals surface area contributed by atoms with Gasteiger partial charge in [-0.2, -0.15) is 0 Å². The fourth-order valence-electron chi connectivity index (χ4n) is 3.57. The van der Waals surface area contributed by atoms with Gasteiger partial charge in [0, 0.05) is 20.0 Å². The summed E-state index contributed by atoms with van der Waals surface area (Å²) in [6.45, 7) is 12.3. The van der Waals surface area contributed by atoms with Crippen LogP contribution < -0.4 is 5.32 Å². The van der Waals surface area contributed by atoms with E-state index in [1.807, 2.05) is 34.6 Å². The van der Waals surface area contributed by atoms with Crippen LogP contribution in [0, 0.1) is 11.3 Å². The van der Waals surface area contributed by atoms with Crippen LogP contribution in [0.4, 0.5) is 4.79 Å². The Morgan fingerprint density at radius 2 is 1.72 bits per heavy atom. The topological polar surface area (TPSA) is 94.2 Å². The summed E-state index contributed by atoms with van der Waals surface area (Å²) < 4.78 is 17.4. The zero-order chi connectivity index (χ0) is 21.8. The Kier molecular flexibility index (Phi) is 7.91. The molecule has 2 fully saturated rings. The fraction of sp³-hybridized carbons (Fsp3) is 0.857. The summed E-state index contributed by atoms with van der Waals surface area (Å²) in [5.74, 6) is -0.490. The molecule has 0 radical (unpaired) electrons. The van der Waals surface area contributed by atoms with Crippen molar-refractivity contribution in [3.05, 3.63) is 0 Å². The van der Waals surface area contributed by atoms with E-state index in [4.69, 9.17) is 14.2 Å². The van der Waals surface area contributed by atoms with Crippen molar-refractivity contribution < 1.29 is 28.6 Å². The van der Waals surface area contributed by atoms with Crippen LogP contribution in [0.15, 0.2) is 0 Å². The lowest BCUT2D eigenvalue weighted by Gasteiger charge is -2.43. The molecule has 166 valence electrons. The average molecular weight is 413 g/mol. The van der Waals surface area contributed by atoms with E-state index in [9.17, 15) is 14.4 Å². The van der Waals surface area contributed by atoms with Crippen LogP contribution in [-0.2, 0) is 23.8 Å². The number of hydrogen-bond acceptors (Lipinski definition) is 6. The first-order chi connectivity index (χ1) is 13.5. The second-order valence-electron chi connectivity index (χ2n) is 9.40. The Balaban J connectivity index is 2.12. The zero-order valence-corrected chi connectivity index (χ0v) is 18.5. The lowest BCUT2D eigenvalue weighted by atomic mass is 9.81. The highest BCUT2D eigenvalue weighted by molar-refractivity contribution is 5.75. The van der Waals surface area contributed by atoms with Crippen molar-refractivity contribution >= 4 is 18.0 Å². The average Bonchev–Trinajstić information content (AvgIpc) is 2.52. The third-order valence-electron chi connectivity index (χ3n) is 5.18. The van der Waals surface area contributed by atoms with Gasteiger partial charge in [0.15, 0.2) is 0 Å². The number of likely N-dealkylation sites (tertiary alicyclic amines) is 1. The monoisotopic (exact) mass is 412 g/mol. The number of rotatable bonds is 6. The first kappa shape index (κ1) is 23.4. The maximum atomic E-state index is 12.4. The first-order valence-electron chi connectivity index (χ1n) is 10.5. The van der Waals surface area contributed by atoms with Crippen LogP contribution in [0.1, 0.15) is 60.8 Å². The minimum Gasteiger partial charge on any atom is -0.465 e. The molecule has 0 unspecified atom stereocenters. The Hall–Kier alpha value is -1.83. The van der Waals surface area contributed by atoms with E-state index in [-0.39, 0.29) is 42.7 Å². The van der Waals surface area contributed by atoms with Crippen molar-refractivity contribution in [2.75, 3.05) is 19.7 Å². The summed E-state index contributed by atoms with van der Waals surface area (Å²) in [7, 11) is 0. The maximum Gasteiger partial charge on any atom is 0.410 e. The Morgan fingerprint density at radius 1 is 1.10 bits per heavy atom. The minimum absolute atomic E-state index is 0.0238. The van der Waals surface area contributed by atoms with Gasteiger partial charge in [-0.05, 0) is 59.8 Å². The summed E-state index contributed by atoms with van der Waals surface area (Å²) in [4.78, 5) is 38.0. The van der Waals surface area contributed by atoms with Crippen LogP contribution >= 0.6 is 0 Å². The quantitative estimate of drug-likeness (QED) is 0.674. The van der Waals surface area contributed by atoms with Crippen molar-refractivity contribution in [1.82, 2.24) is 10.2 Å². The molecule has 4 atom stereocenters. The van der Waals surface area contributed by atoms with Gasteiger partial charge in [-0.3, -0.25) is 9.59 Å². The largest absolute Gasteiger partial charge is 0.465 e. The molecule has 0 aromatic rings. The molecule has 2 aliphatic rings. The van der Waals surface area contributed by atoms with Gasteiger partial charge in [0.25, 0.3) is 0 Å². The molecule has 1 aliphatic carbocycles. The standard InChI is InChI=1S/C21H36N2O6/c1-13(2)28-16-10-15(12-27-19(25)21(4,5)6)11-17(18(16)22-14(3)24)29-20(26)23-8-7-9-23/h13,15-18H,7-12H2,1-6H3,(H,22,24)/t15-,16+,17-,18+/m1/s1. The molecular formula is C21H36N2O6. The van der Waals surface area contributed by atoms with E-state index in [0.29, 0.717) is 25.9 Å². The molecule has 8 heteroatoms.